The molecule has 7 nitrogen and oxygen atoms in total. The first-order valence-electron chi connectivity index (χ1n) is 10.4. The summed E-state index contributed by atoms with van der Waals surface area (Å²) in [5.41, 5.74) is 1.22. The van der Waals surface area contributed by atoms with Gasteiger partial charge in [0.1, 0.15) is 23.4 Å². The van der Waals surface area contributed by atoms with Gasteiger partial charge in [-0.25, -0.2) is 18.7 Å². The number of halogens is 2. The minimum absolute atomic E-state index is 0.0548. The van der Waals surface area contributed by atoms with Crippen LogP contribution in [-0.4, -0.2) is 27.8 Å². The van der Waals surface area contributed by atoms with E-state index < -0.39 is 29.5 Å². The normalized spacial score (nSPS) is 11.5. The Hall–Kier alpha value is -3.88. The summed E-state index contributed by atoms with van der Waals surface area (Å²) in [5, 5.41) is 5.16. The molecule has 1 heterocycles. The van der Waals surface area contributed by atoms with Crippen LogP contribution in [0.5, 0.6) is 11.5 Å². The van der Waals surface area contributed by atoms with E-state index in [1.54, 1.807) is 6.07 Å². The Kier molecular flexibility index (Phi) is 8.01. The van der Waals surface area contributed by atoms with Crippen LogP contribution in [-0.2, 0) is 16.0 Å². The second kappa shape index (κ2) is 11.1. The molecule has 0 radical (unpaired) electrons. The molecule has 1 atom stereocenters. The number of amides is 2. The minimum atomic E-state index is -0.854. The van der Waals surface area contributed by atoms with Gasteiger partial charge in [-0.15, -0.1) is 0 Å². The molecule has 0 aliphatic heterocycles. The SMILES string of the molecule is CCCC(NC(=O)Cc1cc(F)cc(F)c1)C(=O)Nc1ncc(Oc2cccc(C)c2)cn1. The monoisotopic (exact) mass is 454 g/mol. The van der Waals surface area contributed by atoms with Crippen LogP contribution < -0.4 is 15.4 Å². The first-order chi connectivity index (χ1) is 15.8. The molecule has 0 fully saturated rings. The number of aromatic nitrogens is 2. The van der Waals surface area contributed by atoms with E-state index in [2.05, 4.69) is 20.6 Å². The van der Waals surface area contributed by atoms with Crippen molar-refractivity contribution in [3.8, 4) is 11.5 Å². The fourth-order valence-electron chi connectivity index (χ4n) is 3.15. The van der Waals surface area contributed by atoms with E-state index in [1.165, 1.54) is 12.4 Å². The highest BCUT2D eigenvalue weighted by molar-refractivity contribution is 5.96. The molecule has 0 saturated carbocycles. The van der Waals surface area contributed by atoms with E-state index in [4.69, 9.17) is 4.74 Å². The standard InChI is InChI=1S/C24H24F2N4O3/c1-3-5-21(29-22(31)11-16-9-17(25)12-18(26)10-16)23(32)30-24-27-13-20(14-28-24)33-19-7-4-6-15(2)8-19/h4,6-10,12-14,21H,3,5,11H2,1-2H3,(H,29,31)(H,27,28,30,32). The Balaban J connectivity index is 1.59. The Morgan fingerprint density at radius 3 is 2.36 bits per heavy atom. The maximum absolute atomic E-state index is 13.3. The molecule has 3 rings (SSSR count). The van der Waals surface area contributed by atoms with E-state index >= 15 is 0 Å². The summed E-state index contributed by atoms with van der Waals surface area (Å²) < 4.78 is 32.4. The number of anilines is 1. The molecule has 2 aromatic carbocycles. The van der Waals surface area contributed by atoms with Crippen molar-refractivity contribution in [2.75, 3.05) is 5.32 Å². The van der Waals surface area contributed by atoms with Crippen LogP contribution in [0.15, 0.2) is 54.9 Å². The predicted molar refractivity (Wildman–Crippen MR) is 119 cm³/mol. The van der Waals surface area contributed by atoms with Crippen LogP contribution in [0, 0.1) is 18.6 Å². The molecule has 1 aromatic heterocycles. The zero-order valence-electron chi connectivity index (χ0n) is 18.3. The molecule has 3 aromatic rings. The zero-order chi connectivity index (χ0) is 23.8. The van der Waals surface area contributed by atoms with Gasteiger partial charge in [0.25, 0.3) is 0 Å². The van der Waals surface area contributed by atoms with Gasteiger partial charge in [0.05, 0.1) is 18.8 Å². The highest BCUT2D eigenvalue weighted by atomic mass is 19.1. The molecule has 0 saturated heterocycles. The van der Waals surface area contributed by atoms with E-state index in [9.17, 15) is 18.4 Å². The van der Waals surface area contributed by atoms with Crippen molar-refractivity contribution in [2.45, 2.75) is 39.2 Å². The van der Waals surface area contributed by atoms with Gasteiger partial charge < -0.3 is 10.1 Å². The number of carbonyl (C=O) groups is 2. The van der Waals surface area contributed by atoms with Crippen LogP contribution in [0.25, 0.3) is 0 Å². The van der Waals surface area contributed by atoms with Crippen molar-refractivity contribution >= 4 is 17.8 Å². The number of aryl methyl sites for hydroxylation is 1. The number of benzene rings is 2. The van der Waals surface area contributed by atoms with Gasteiger partial charge in [0.15, 0.2) is 5.75 Å². The van der Waals surface area contributed by atoms with Crippen LogP contribution in [0.2, 0.25) is 0 Å². The van der Waals surface area contributed by atoms with Crippen molar-refractivity contribution in [1.29, 1.82) is 0 Å². The van der Waals surface area contributed by atoms with Gasteiger partial charge in [-0.3, -0.25) is 14.9 Å². The predicted octanol–water partition coefficient (Wildman–Crippen LogP) is 4.32. The summed E-state index contributed by atoms with van der Waals surface area (Å²) in [5.74, 6) is -1.47. The van der Waals surface area contributed by atoms with Crippen molar-refractivity contribution in [3.05, 3.63) is 77.6 Å². The Labute approximate surface area is 190 Å². The third kappa shape index (κ3) is 7.34. The summed E-state index contributed by atoms with van der Waals surface area (Å²) in [6.45, 7) is 3.81. The highest BCUT2D eigenvalue weighted by Gasteiger charge is 2.21. The number of hydrogen-bond acceptors (Lipinski definition) is 5. The lowest BCUT2D eigenvalue weighted by molar-refractivity contribution is -0.126. The van der Waals surface area contributed by atoms with Crippen molar-refractivity contribution in [2.24, 2.45) is 0 Å². The molecule has 0 aliphatic rings. The van der Waals surface area contributed by atoms with Crippen molar-refractivity contribution in [3.63, 3.8) is 0 Å². The van der Waals surface area contributed by atoms with Gasteiger partial charge in [-0.1, -0.05) is 25.5 Å². The number of nitrogens with one attached hydrogen (secondary N) is 2. The molecule has 2 amide bonds. The lowest BCUT2D eigenvalue weighted by atomic mass is 10.1. The summed E-state index contributed by atoms with van der Waals surface area (Å²) in [6, 6.07) is 9.51. The van der Waals surface area contributed by atoms with E-state index in [1.807, 2.05) is 32.0 Å². The minimum Gasteiger partial charge on any atom is -0.454 e. The Morgan fingerprint density at radius 2 is 1.73 bits per heavy atom. The molecule has 0 spiro atoms. The quantitative estimate of drug-likeness (QED) is 0.502. The average Bonchev–Trinajstić information content (AvgIpc) is 2.74. The molecule has 1 unspecified atom stereocenters. The van der Waals surface area contributed by atoms with Crippen LogP contribution >= 0.6 is 0 Å². The van der Waals surface area contributed by atoms with Gasteiger partial charge >= 0.3 is 0 Å². The number of hydrogen-bond donors (Lipinski definition) is 2. The van der Waals surface area contributed by atoms with Crippen LogP contribution in [0.3, 0.4) is 0 Å². The zero-order valence-corrected chi connectivity index (χ0v) is 18.3. The van der Waals surface area contributed by atoms with E-state index in [0.717, 1.165) is 23.8 Å². The van der Waals surface area contributed by atoms with Crippen LogP contribution in [0.1, 0.15) is 30.9 Å². The fraction of sp³-hybridized carbons (Fsp3) is 0.250. The summed E-state index contributed by atoms with van der Waals surface area (Å²) in [6.07, 6.45) is 3.58. The van der Waals surface area contributed by atoms with Crippen LogP contribution in [0.4, 0.5) is 14.7 Å². The van der Waals surface area contributed by atoms with E-state index in [0.29, 0.717) is 24.3 Å². The summed E-state index contributed by atoms with van der Waals surface area (Å²) in [7, 11) is 0. The molecule has 0 aliphatic carbocycles. The van der Waals surface area contributed by atoms with Gasteiger partial charge in [0, 0.05) is 6.07 Å². The first kappa shape index (κ1) is 23.8. The Morgan fingerprint density at radius 1 is 1.03 bits per heavy atom. The molecular weight excluding hydrogens is 430 g/mol. The molecule has 172 valence electrons. The largest absolute Gasteiger partial charge is 0.454 e. The smallest absolute Gasteiger partial charge is 0.249 e. The lowest BCUT2D eigenvalue weighted by Crippen LogP contribution is -2.44. The van der Waals surface area contributed by atoms with Gasteiger partial charge in [-0.05, 0) is 48.7 Å². The van der Waals surface area contributed by atoms with E-state index in [-0.39, 0.29) is 17.9 Å². The third-order valence-corrected chi connectivity index (χ3v) is 4.60. The molecular formula is C24H24F2N4O3. The number of carbonyl (C=O) groups excluding carboxylic acids is 2. The lowest BCUT2D eigenvalue weighted by Gasteiger charge is -2.17. The molecule has 2 N–H and O–H groups in total. The second-order valence-corrected chi connectivity index (χ2v) is 7.51. The number of nitrogens with zero attached hydrogens (tertiary/aromatic N) is 2. The van der Waals surface area contributed by atoms with Crippen molar-refractivity contribution in [1.82, 2.24) is 15.3 Å². The highest BCUT2D eigenvalue weighted by Crippen LogP contribution is 2.21. The average molecular weight is 454 g/mol. The third-order valence-electron chi connectivity index (χ3n) is 4.60. The fourth-order valence-corrected chi connectivity index (χ4v) is 3.15. The second-order valence-electron chi connectivity index (χ2n) is 7.51. The molecule has 9 heteroatoms. The summed E-state index contributed by atoms with van der Waals surface area (Å²) >= 11 is 0. The maximum atomic E-state index is 13.3. The first-order valence-corrected chi connectivity index (χ1v) is 10.4. The van der Waals surface area contributed by atoms with Crippen molar-refractivity contribution < 1.29 is 23.1 Å². The number of ether oxygens (including phenoxy) is 1. The topological polar surface area (TPSA) is 93.2 Å². The van der Waals surface area contributed by atoms with Gasteiger partial charge in [0.2, 0.25) is 17.8 Å². The number of rotatable bonds is 9. The molecule has 33 heavy (non-hydrogen) atoms. The summed E-state index contributed by atoms with van der Waals surface area (Å²) in [4.78, 5) is 33.2. The Bertz CT molecular complexity index is 1100. The van der Waals surface area contributed by atoms with Gasteiger partial charge in [-0.2, -0.15) is 0 Å². The molecule has 0 bridgehead atoms. The maximum Gasteiger partial charge on any atom is 0.249 e.